The summed E-state index contributed by atoms with van der Waals surface area (Å²) in [5.74, 6) is -0.198. The molecule has 2 N–H and O–H groups in total. The van der Waals surface area contributed by atoms with Crippen LogP contribution in [0.3, 0.4) is 0 Å². The second kappa shape index (κ2) is 11.2. The lowest BCUT2D eigenvalue weighted by molar-refractivity contribution is 0.0940. The molecule has 0 aliphatic rings. The van der Waals surface area contributed by atoms with Crippen molar-refractivity contribution in [1.29, 1.82) is 0 Å². The van der Waals surface area contributed by atoms with Gasteiger partial charge in [0, 0.05) is 35.5 Å². The molecule has 2 aromatic carbocycles. The second-order valence-corrected chi connectivity index (χ2v) is 8.81. The van der Waals surface area contributed by atoms with Gasteiger partial charge in [-0.25, -0.2) is 8.42 Å². The fourth-order valence-corrected chi connectivity index (χ4v) is 3.67. The molecule has 0 spiro atoms. The Labute approximate surface area is 174 Å². The molecular weight excluding hydrogens is 444 g/mol. The maximum atomic E-state index is 12.4. The molecule has 0 saturated carbocycles. The van der Waals surface area contributed by atoms with Crippen LogP contribution in [-0.4, -0.2) is 34.1 Å². The van der Waals surface area contributed by atoms with Crippen molar-refractivity contribution in [2.75, 3.05) is 24.5 Å². The van der Waals surface area contributed by atoms with Gasteiger partial charge in [0.25, 0.3) is 15.9 Å². The van der Waals surface area contributed by atoms with Gasteiger partial charge in [-0.3, -0.25) is 9.52 Å². The van der Waals surface area contributed by atoms with Crippen LogP contribution in [0.4, 0.5) is 5.69 Å². The minimum Gasteiger partial charge on any atom is -0.381 e. The van der Waals surface area contributed by atoms with E-state index in [1.807, 2.05) is 0 Å². The average Bonchev–Trinajstić information content (AvgIpc) is 2.68. The Hall–Kier alpha value is -1.90. The number of hydrogen-bond donors (Lipinski definition) is 2. The van der Waals surface area contributed by atoms with Crippen LogP contribution in [0.1, 0.15) is 36.5 Å². The van der Waals surface area contributed by atoms with Crippen molar-refractivity contribution >= 4 is 37.5 Å². The molecule has 2 rings (SSSR count). The van der Waals surface area contributed by atoms with Crippen LogP contribution in [0, 0.1) is 0 Å². The van der Waals surface area contributed by atoms with Crippen molar-refractivity contribution in [3.05, 3.63) is 58.6 Å². The maximum Gasteiger partial charge on any atom is 0.261 e. The van der Waals surface area contributed by atoms with E-state index in [9.17, 15) is 13.2 Å². The van der Waals surface area contributed by atoms with E-state index in [-0.39, 0.29) is 10.8 Å². The molecule has 152 valence electrons. The summed E-state index contributed by atoms with van der Waals surface area (Å²) in [6.07, 6.45) is 2.90. The molecule has 0 aliphatic carbocycles. The number of hydrogen-bond acceptors (Lipinski definition) is 4. The van der Waals surface area contributed by atoms with Gasteiger partial charge in [-0.05, 0) is 61.4 Å². The average molecular weight is 469 g/mol. The lowest BCUT2D eigenvalue weighted by Crippen LogP contribution is -2.25. The Morgan fingerprint density at radius 2 is 1.64 bits per heavy atom. The molecule has 0 atom stereocenters. The van der Waals surface area contributed by atoms with Crippen LogP contribution in [-0.2, 0) is 14.8 Å². The summed E-state index contributed by atoms with van der Waals surface area (Å²) in [6, 6.07) is 12.7. The van der Waals surface area contributed by atoms with Gasteiger partial charge in [-0.15, -0.1) is 0 Å². The van der Waals surface area contributed by atoms with Gasteiger partial charge in [0.05, 0.1) is 4.90 Å². The molecule has 0 aliphatic heterocycles. The summed E-state index contributed by atoms with van der Waals surface area (Å²) in [6.45, 7) is 4.02. The normalized spacial score (nSPS) is 11.2. The van der Waals surface area contributed by atoms with Gasteiger partial charge in [0.1, 0.15) is 0 Å². The monoisotopic (exact) mass is 468 g/mol. The second-order valence-electron chi connectivity index (χ2n) is 6.21. The fraction of sp³-hybridized carbons (Fsp3) is 0.350. The summed E-state index contributed by atoms with van der Waals surface area (Å²) in [7, 11) is -3.68. The zero-order valence-electron chi connectivity index (χ0n) is 15.8. The van der Waals surface area contributed by atoms with Crippen molar-refractivity contribution < 1.29 is 17.9 Å². The first-order valence-corrected chi connectivity index (χ1v) is 11.4. The van der Waals surface area contributed by atoms with Crippen molar-refractivity contribution in [2.24, 2.45) is 0 Å². The van der Waals surface area contributed by atoms with Crippen molar-refractivity contribution in [3.63, 3.8) is 0 Å². The van der Waals surface area contributed by atoms with Crippen LogP contribution < -0.4 is 10.0 Å². The largest absolute Gasteiger partial charge is 0.381 e. The minimum atomic E-state index is -3.68. The number of anilines is 1. The molecule has 6 nitrogen and oxygen atoms in total. The molecule has 8 heteroatoms. The molecule has 0 fully saturated rings. The first-order chi connectivity index (χ1) is 13.4. The molecule has 0 saturated heterocycles. The Balaban J connectivity index is 1.83. The quantitative estimate of drug-likeness (QED) is 0.484. The standard InChI is InChI=1S/C20H25BrN2O4S/c1-2-3-14-27-15-4-13-22-20(24)16-5-9-18(10-6-16)23-28(25,26)19-11-7-17(21)8-12-19/h5-12,23H,2-4,13-15H2,1H3,(H,22,24). The number of benzene rings is 2. The van der Waals surface area contributed by atoms with Crippen molar-refractivity contribution in [1.82, 2.24) is 5.32 Å². The third-order valence-electron chi connectivity index (χ3n) is 3.92. The lowest BCUT2D eigenvalue weighted by Gasteiger charge is -2.09. The van der Waals surface area contributed by atoms with Gasteiger partial charge in [0.2, 0.25) is 0 Å². The van der Waals surface area contributed by atoms with Gasteiger partial charge in [-0.1, -0.05) is 29.3 Å². The smallest absolute Gasteiger partial charge is 0.261 e. The number of carbonyl (C=O) groups excluding carboxylic acids is 1. The molecule has 0 aromatic heterocycles. The number of sulfonamides is 1. The summed E-state index contributed by atoms with van der Waals surface area (Å²) < 4.78 is 33.5. The van der Waals surface area contributed by atoms with E-state index in [1.165, 1.54) is 12.1 Å². The van der Waals surface area contributed by atoms with Gasteiger partial charge < -0.3 is 10.1 Å². The predicted octanol–water partition coefficient (Wildman–Crippen LogP) is 4.19. The highest BCUT2D eigenvalue weighted by Crippen LogP contribution is 2.19. The van der Waals surface area contributed by atoms with E-state index in [0.29, 0.717) is 24.4 Å². The number of halogens is 1. The number of rotatable bonds is 11. The summed E-state index contributed by atoms with van der Waals surface area (Å²) in [5, 5.41) is 2.83. The van der Waals surface area contributed by atoms with Gasteiger partial charge >= 0.3 is 0 Å². The Bertz CT molecular complexity index is 853. The fourth-order valence-electron chi connectivity index (χ4n) is 2.34. The number of ether oxygens (including phenoxy) is 1. The van der Waals surface area contributed by atoms with E-state index < -0.39 is 10.0 Å². The molecular formula is C20H25BrN2O4S. The third-order valence-corrected chi connectivity index (χ3v) is 5.84. The summed E-state index contributed by atoms with van der Waals surface area (Å²) in [4.78, 5) is 12.3. The van der Waals surface area contributed by atoms with Gasteiger partial charge in [0.15, 0.2) is 0 Å². The highest BCUT2D eigenvalue weighted by atomic mass is 79.9. The Kier molecular flexibility index (Phi) is 8.95. The van der Waals surface area contributed by atoms with Crippen LogP contribution in [0.25, 0.3) is 0 Å². The molecule has 1 amide bonds. The molecule has 2 aromatic rings. The molecule has 0 heterocycles. The van der Waals surface area contributed by atoms with Gasteiger partial charge in [-0.2, -0.15) is 0 Å². The van der Waals surface area contributed by atoms with Crippen LogP contribution in [0.2, 0.25) is 0 Å². The van der Waals surface area contributed by atoms with Crippen LogP contribution in [0.15, 0.2) is 57.9 Å². The SMILES string of the molecule is CCCCOCCCNC(=O)c1ccc(NS(=O)(=O)c2ccc(Br)cc2)cc1. The topological polar surface area (TPSA) is 84.5 Å². The first kappa shape index (κ1) is 22.4. The maximum absolute atomic E-state index is 12.4. The zero-order valence-corrected chi connectivity index (χ0v) is 18.2. The molecule has 0 unspecified atom stereocenters. The van der Waals surface area contributed by atoms with E-state index in [4.69, 9.17) is 4.74 Å². The van der Waals surface area contributed by atoms with E-state index in [0.717, 1.165) is 30.3 Å². The number of amides is 1. The number of nitrogens with one attached hydrogen (secondary N) is 2. The minimum absolute atomic E-state index is 0.165. The Morgan fingerprint density at radius 1 is 1.00 bits per heavy atom. The van der Waals surface area contributed by atoms with Crippen molar-refractivity contribution in [2.45, 2.75) is 31.1 Å². The van der Waals surface area contributed by atoms with E-state index in [2.05, 4.69) is 32.9 Å². The molecule has 0 radical (unpaired) electrons. The third kappa shape index (κ3) is 7.26. The molecule has 28 heavy (non-hydrogen) atoms. The number of carbonyl (C=O) groups is 1. The lowest BCUT2D eigenvalue weighted by atomic mass is 10.2. The summed E-state index contributed by atoms with van der Waals surface area (Å²) >= 11 is 3.28. The Morgan fingerprint density at radius 3 is 2.29 bits per heavy atom. The molecule has 0 bridgehead atoms. The van der Waals surface area contributed by atoms with Crippen LogP contribution >= 0.6 is 15.9 Å². The van der Waals surface area contributed by atoms with Crippen molar-refractivity contribution in [3.8, 4) is 0 Å². The zero-order chi connectivity index (χ0) is 20.4. The first-order valence-electron chi connectivity index (χ1n) is 9.17. The van der Waals surface area contributed by atoms with E-state index >= 15 is 0 Å². The highest BCUT2D eigenvalue weighted by molar-refractivity contribution is 9.10. The predicted molar refractivity (Wildman–Crippen MR) is 114 cm³/mol. The highest BCUT2D eigenvalue weighted by Gasteiger charge is 2.14. The van der Waals surface area contributed by atoms with E-state index in [1.54, 1.807) is 36.4 Å². The summed E-state index contributed by atoms with van der Waals surface area (Å²) in [5.41, 5.74) is 0.863. The van der Waals surface area contributed by atoms with Crippen LogP contribution in [0.5, 0.6) is 0 Å². The number of unbranched alkanes of at least 4 members (excludes halogenated alkanes) is 1.